The summed E-state index contributed by atoms with van der Waals surface area (Å²) >= 11 is 0. The minimum absolute atomic E-state index is 0.123. The molecule has 0 aromatic carbocycles. The van der Waals surface area contributed by atoms with Gasteiger partial charge in [-0.25, -0.2) is 16.8 Å². The highest BCUT2D eigenvalue weighted by molar-refractivity contribution is 8.10. The molecule has 24 heavy (non-hydrogen) atoms. The number of aliphatic hydroxyl groups is 2. The summed E-state index contributed by atoms with van der Waals surface area (Å²) in [4.78, 5) is 0. The van der Waals surface area contributed by atoms with E-state index in [4.69, 9.17) is 0 Å². The van der Waals surface area contributed by atoms with E-state index in [9.17, 15) is 40.2 Å². The molecular formula is C11H15F3NO7S2-. The molecule has 4 aliphatic carbocycles. The SMILES string of the molecule is O=S(=O)([N-]S(=O)(=O)C(F)(F)F)OC1C2CC3(O)CC1CC(O)(C2)C3. The summed E-state index contributed by atoms with van der Waals surface area (Å²) in [5.41, 5.74) is -8.18. The van der Waals surface area contributed by atoms with Crippen molar-refractivity contribution in [2.75, 3.05) is 0 Å². The number of alkyl halides is 3. The lowest BCUT2D eigenvalue weighted by atomic mass is 9.51. The molecule has 8 nitrogen and oxygen atoms in total. The van der Waals surface area contributed by atoms with Gasteiger partial charge in [0, 0.05) is 6.42 Å². The zero-order valence-electron chi connectivity index (χ0n) is 12.1. The van der Waals surface area contributed by atoms with Gasteiger partial charge in [0.1, 0.15) is 0 Å². The fraction of sp³-hybridized carbons (Fsp3) is 1.00. The van der Waals surface area contributed by atoms with Crippen molar-refractivity contribution in [2.45, 2.75) is 54.9 Å². The van der Waals surface area contributed by atoms with Gasteiger partial charge in [-0.1, -0.05) is 0 Å². The molecule has 0 saturated heterocycles. The van der Waals surface area contributed by atoms with Crippen molar-refractivity contribution in [3.05, 3.63) is 4.13 Å². The third-order valence-corrected chi connectivity index (χ3v) is 7.44. The molecule has 0 radical (unpaired) electrons. The summed E-state index contributed by atoms with van der Waals surface area (Å²) in [6, 6.07) is 0. The van der Waals surface area contributed by atoms with Crippen molar-refractivity contribution >= 4 is 20.3 Å². The molecule has 140 valence electrons. The smallest absolute Gasteiger partial charge is 0.404 e. The van der Waals surface area contributed by atoms with Crippen molar-refractivity contribution < 1.29 is 44.4 Å². The van der Waals surface area contributed by atoms with E-state index in [1.54, 1.807) is 0 Å². The van der Waals surface area contributed by atoms with Gasteiger partial charge in [0.2, 0.25) is 10.3 Å². The number of rotatable bonds is 4. The van der Waals surface area contributed by atoms with E-state index in [0.29, 0.717) is 0 Å². The van der Waals surface area contributed by atoms with Crippen molar-refractivity contribution in [2.24, 2.45) is 11.8 Å². The van der Waals surface area contributed by atoms with Crippen molar-refractivity contribution in [1.29, 1.82) is 0 Å². The van der Waals surface area contributed by atoms with Gasteiger partial charge in [0.25, 0.3) is 0 Å². The molecule has 0 spiro atoms. The van der Waals surface area contributed by atoms with Crippen LogP contribution in [0.15, 0.2) is 0 Å². The third-order valence-electron chi connectivity index (χ3n) is 4.87. The van der Waals surface area contributed by atoms with Gasteiger partial charge in [-0.2, -0.15) is 13.2 Å². The number of hydrogen-bond acceptors (Lipinski definition) is 7. The molecule has 4 bridgehead atoms. The zero-order valence-corrected chi connectivity index (χ0v) is 13.7. The van der Waals surface area contributed by atoms with Crippen LogP contribution < -0.4 is 0 Å². The molecule has 0 aliphatic heterocycles. The monoisotopic (exact) mass is 394 g/mol. The average Bonchev–Trinajstić information content (AvgIpc) is 2.27. The molecule has 0 aromatic heterocycles. The van der Waals surface area contributed by atoms with Crippen LogP contribution in [0.4, 0.5) is 13.2 Å². The van der Waals surface area contributed by atoms with Crippen LogP contribution in [0.5, 0.6) is 0 Å². The maximum absolute atomic E-state index is 12.3. The summed E-state index contributed by atoms with van der Waals surface area (Å²) < 4.78 is 88.4. The molecule has 0 aromatic rings. The highest BCUT2D eigenvalue weighted by Gasteiger charge is 2.61. The zero-order chi connectivity index (χ0) is 18.2. The first-order chi connectivity index (χ1) is 10.6. The van der Waals surface area contributed by atoms with Gasteiger partial charge >= 0.3 is 5.51 Å². The van der Waals surface area contributed by atoms with Crippen LogP contribution in [-0.4, -0.2) is 49.9 Å². The maximum atomic E-state index is 12.3. The molecular weight excluding hydrogens is 379 g/mol. The predicted molar refractivity (Wildman–Crippen MR) is 72.1 cm³/mol. The Bertz CT molecular complexity index is 712. The molecule has 0 unspecified atom stereocenters. The highest BCUT2D eigenvalue weighted by Crippen LogP contribution is 2.58. The summed E-state index contributed by atoms with van der Waals surface area (Å²) in [6.45, 7) is 0. The van der Waals surface area contributed by atoms with E-state index in [2.05, 4.69) is 4.18 Å². The van der Waals surface area contributed by atoms with Crippen LogP contribution in [0.1, 0.15) is 32.1 Å². The largest absolute Gasteiger partial charge is 0.480 e. The lowest BCUT2D eigenvalue weighted by Gasteiger charge is -2.60. The molecule has 4 aliphatic rings. The average molecular weight is 394 g/mol. The van der Waals surface area contributed by atoms with E-state index < -0.39 is 55.0 Å². The maximum Gasteiger partial charge on any atom is 0.480 e. The third kappa shape index (κ3) is 3.17. The van der Waals surface area contributed by atoms with Crippen LogP contribution in [0.3, 0.4) is 0 Å². The van der Waals surface area contributed by atoms with Crippen molar-refractivity contribution in [3.63, 3.8) is 0 Å². The Morgan fingerprint density at radius 1 is 0.958 bits per heavy atom. The Morgan fingerprint density at radius 3 is 1.75 bits per heavy atom. The van der Waals surface area contributed by atoms with E-state index in [0.717, 1.165) is 0 Å². The van der Waals surface area contributed by atoms with Gasteiger partial charge in [0.05, 0.1) is 17.3 Å². The fourth-order valence-electron chi connectivity index (χ4n) is 4.49. The Kier molecular flexibility index (Phi) is 3.85. The van der Waals surface area contributed by atoms with E-state index in [1.807, 2.05) is 4.13 Å². The van der Waals surface area contributed by atoms with Gasteiger partial charge in [0.15, 0.2) is 10.0 Å². The van der Waals surface area contributed by atoms with Crippen LogP contribution in [-0.2, 0) is 24.5 Å². The molecule has 2 N–H and O–H groups in total. The molecule has 0 atom stereocenters. The van der Waals surface area contributed by atoms with Gasteiger partial charge in [-0.3, -0.25) is 4.18 Å². The number of sulfonamides is 1. The lowest BCUT2D eigenvalue weighted by Crippen LogP contribution is -2.64. The Morgan fingerprint density at radius 2 is 1.38 bits per heavy atom. The number of nitrogens with zero attached hydrogens (tertiary/aromatic N) is 1. The van der Waals surface area contributed by atoms with E-state index >= 15 is 0 Å². The topological polar surface area (TPSA) is 132 Å². The van der Waals surface area contributed by atoms with Gasteiger partial charge in [-0.15, -0.1) is 0 Å². The number of hydrogen-bond donors (Lipinski definition) is 2. The second kappa shape index (κ2) is 5.04. The lowest BCUT2D eigenvalue weighted by molar-refractivity contribution is -0.228. The summed E-state index contributed by atoms with van der Waals surface area (Å²) in [5.74, 6) is -1.22. The van der Waals surface area contributed by atoms with Crippen LogP contribution in [0.2, 0.25) is 0 Å². The standard InChI is InChI=1S/C11H15F3NO7S2/c12-11(13,14)23(18,19)15-24(20,21)22-8-6-1-9(16)3-7(8)4-10(17,2-6)5-9/h6-8,16-17H,1-5H2/q-1. The quantitative estimate of drug-likeness (QED) is 0.711. The van der Waals surface area contributed by atoms with Gasteiger partial charge < -0.3 is 14.3 Å². The van der Waals surface area contributed by atoms with E-state index in [1.165, 1.54) is 0 Å². The summed E-state index contributed by atoms with van der Waals surface area (Å²) in [6.07, 6.45) is -0.478. The molecule has 0 amide bonds. The highest BCUT2D eigenvalue weighted by atomic mass is 32.3. The second-order valence-electron chi connectivity index (χ2n) is 6.95. The molecule has 4 rings (SSSR count). The molecule has 4 saturated carbocycles. The number of halogens is 3. The van der Waals surface area contributed by atoms with Crippen LogP contribution in [0, 0.1) is 11.8 Å². The van der Waals surface area contributed by atoms with Crippen molar-refractivity contribution in [1.82, 2.24) is 0 Å². The first-order valence-electron chi connectivity index (χ1n) is 7.07. The van der Waals surface area contributed by atoms with Crippen molar-refractivity contribution in [3.8, 4) is 0 Å². The Labute approximate surface area is 136 Å². The second-order valence-corrected chi connectivity index (χ2v) is 10.0. The van der Waals surface area contributed by atoms with Crippen LogP contribution >= 0.6 is 0 Å². The summed E-state index contributed by atoms with van der Waals surface area (Å²) in [7, 11) is -11.6. The fourth-order valence-corrected chi connectivity index (χ4v) is 6.53. The van der Waals surface area contributed by atoms with E-state index in [-0.39, 0.29) is 32.1 Å². The normalized spacial score (nSPS) is 42.5. The first-order valence-corrected chi connectivity index (χ1v) is 9.88. The van der Waals surface area contributed by atoms with Gasteiger partial charge in [-0.05, 0) is 37.5 Å². The Hall–Kier alpha value is -0.470. The molecule has 13 heteroatoms. The first kappa shape index (κ1) is 18.3. The molecule has 0 heterocycles. The van der Waals surface area contributed by atoms with Crippen LogP contribution in [0.25, 0.3) is 4.13 Å². The minimum atomic E-state index is -6.24. The summed E-state index contributed by atoms with van der Waals surface area (Å²) in [5, 5.41) is 20.7. The molecule has 4 fully saturated rings. The Balaban J connectivity index is 1.78. The predicted octanol–water partition coefficient (Wildman–Crippen LogP) is 0.526. The minimum Gasteiger partial charge on any atom is -0.404 e.